The second-order valence-electron chi connectivity index (χ2n) is 10.2. The minimum Gasteiger partial charge on any atom is -0.467 e. The predicted octanol–water partition coefficient (Wildman–Crippen LogP) is 2.07. The average molecular weight is 608 g/mol. The molecule has 228 valence electrons. The van der Waals surface area contributed by atoms with E-state index in [0.29, 0.717) is 25.1 Å². The SMILES string of the molecule is COC(=O)C(Cc1ccc(NC(=O)CNCC(=O)N2CCCC2C#N)cc1)NC(=O)C(CSC(C)=O)Cc1ccccc1. The zero-order valence-corrected chi connectivity index (χ0v) is 25.2. The van der Waals surface area contributed by atoms with E-state index in [1.807, 2.05) is 30.3 Å². The van der Waals surface area contributed by atoms with Crippen molar-refractivity contribution in [2.45, 2.75) is 44.7 Å². The van der Waals surface area contributed by atoms with Gasteiger partial charge in [-0.05, 0) is 42.5 Å². The van der Waals surface area contributed by atoms with Gasteiger partial charge in [0.15, 0.2) is 5.12 Å². The molecule has 12 heteroatoms. The van der Waals surface area contributed by atoms with Crippen molar-refractivity contribution in [3.8, 4) is 6.07 Å². The summed E-state index contributed by atoms with van der Waals surface area (Å²) in [6.07, 6.45) is 2.04. The molecular formula is C31H37N5O6S. The van der Waals surface area contributed by atoms with Gasteiger partial charge in [-0.2, -0.15) is 5.26 Å². The smallest absolute Gasteiger partial charge is 0.328 e. The highest BCUT2D eigenvalue weighted by atomic mass is 32.2. The summed E-state index contributed by atoms with van der Waals surface area (Å²) < 4.78 is 4.94. The van der Waals surface area contributed by atoms with Crippen molar-refractivity contribution in [3.05, 3.63) is 65.7 Å². The van der Waals surface area contributed by atoms with Gasteiger partial charge in [-0.15, -0.1) is 0 Å². The molecule has 3 atom stereocenters. The minimum absolute atomic E-state index is 0.0369. The lowest BCUT2D eigenvalue weighted by atomic mass is 9.99. The van der Waals surface area contributed by atoms with Crippen molar-refractivity contribution in [1.82, 2.24) is 15.5 Å². The van der Waals surface area contributed by atoms with Gasteiger partial charge in [0.25, 0.3) is 0 Å². The summed E-state index contributed by atoms with van der Waals surface area (Å²) in [6.45, 7) is 1.88. The molecule has 1 fully saturated rings. The van der Waals surface area contributed by atoms with Crippen LogP contribution in [0.5, 0.6) is 0 Å². The number of anilines is 1. The van der Waals surface area contributed by atoms with E-state index in [-0.39, 0.29) is 48.1 Å². The van der Waals surface area contributed by atoms with E-state index in [1.54, 1.807) is 24.3 Å². The number of benzene rings is 2. The fourth-order valence-electron chi connectivity index (χ4n) is 4.72. The first-order valence-corrected chi connectivity index (χ1v) is 15.0. The highest BCUT2D eigenvalue weighted by Crippen LogP contribution is 2.18. The summed E-state index contributed by atoms with van der Waals surface area (Å²) in [5, 5.41) is 17.4. The number of hydrogen-bond acceptors (Lipinski definition) is 9. The Kier molecular flexibility index (Phi) is 13.2. The van der Waals surface area contributed by atoms with Gasteiger partial charge in [0.05, 0.1) is 32.2 Å². The number of nitriles is 1. The Morgan fingerprint density at radius 3 is 2.37 bits per heavy atom. The van der Waals surface area contributed by atoms with Crippen LogP contribution in [0.15, 0.2) is 54.6 Å². The zero-order valence-electron chi connectivity index (χ0n) is 24.3. The van der Waals surface area contributed by atoms with Gasteiger partial charge >= 0.3 is 5.97 Å². The topological polar surface area (TPSA) is 158 Å². The Labute approximate surface area is 255 Å². The second kappa shape index (κ2) is 17.0. The van der Waals surface area contributed by atoms with Gasteiger partial charge in [-0.3, -0.25) is 24.5 Å². The first kappa shape index (κ1) is 33.3. The van der Waals surface area contributed by atoms with Gasteiger partial charge in [-0.25, -0.2) is 4.79 Å². The van der Waals surface area contributed by atoms with Crippen molar-refractivity contribution in [1.29, 1.82) is 5.26 Å². The maximum absolute atomic E-state index is 13.3. The average Bonchev–Trinajstić information content (AvgIpc) is 3.49. The molecule has 1 aliphatic heterocycles. The Morgan fingerprint density at radius 1 is 1.02 bits per heavy atom. The van der Waals surface area contributed by atoms with Gasteiger partial charge in [-0.1, -0.05) is 54.2 Å². The molecule has 43 heavy (non-hydrogen) atoms. The third-order valence-corrected chi connectivity index (χ3v) is 7.92. The number of esters is 1. The van der Waals surface area contributed by atoms with Crippen molar-refractivity contribution in [3.63, 3.8) is 0 Å². The normalized spacial score (nSPS) is 15.6. The van der Waals surface area contributed by atoms with Crippen LogP contribution in [0, 0.1) is 17.2 Å². The molecule has 0 saturated carbocycles. The summed E-state index contributed by atoms with van der Waals surface area (Å²) in [6, 6.07) is 17.1. The van der Waals surface area contributed by atoms with E-state index in [4.69, 9.17) is 10.00 Å². The molecule has 0 spiro atoms. The van der Waals surface area contributed by atoms with E-state index < -0.39 is 24.0 Å². The first-order valence-electron chi connectivity index (χ1n) is 14.0. The standard InChI is InChI=1S/C31H37N5O6S/c1-21(37)43-20-24(15-22-7-4-3-5-8-22)30(40)35-27(31(41)42-2)16-23-10-12-25(13-11-23)34-28(38)18-33-19-29(39)36-14-6-9-26(36)17-32/h3-5,7-8,10-13,24,26-27,33H,6,9,14-16,18-20H2,1-2H3,(H,34,38)(H,35,40). The number of ether oxygens (including phenoxy) is 1. The number of methoxy groups -OCH3 is 1. The Balaban J connectivity index is 1.54. The predicted molar refractivity (Wildman–Crippen MR) is 163 cm³/mol. The summed E-state index contributed by atoms with van der Waals surface area (Å²) in [5.74, 6) is -1.76. The molecule has 11 nitrogen and oxygen atoms in total. The second-order valence-corrected chi connectivity index (χ2v) is 11.4. The van der Waals surface area contributed by atoms with Crippen LogP contribution in [0.4, 0.5) is 5.69 Å². The lowest BCUT2D eigenvalue weighted by Gasteiger charge is -2.21. The van der Waals surface area contributed by atoms with E-state index in [2.05, 4.69) is 22.0 Å². The van der Waals surface area contributed by atoms with Gasteiger partial charge in [0.2, 0.25) is 17.7 Å². The maximum Gasteiger partial charge on any atom is 0.328 e. The molecule has 3 rings (SSSR count). The summed E-state index contributed by atoms with van der Waals surface area (Å²) in [4.78, 5) is 63.6. The zero-order chi connectivity index (χ0) is 31.2. The van der Waals surface area contributed by atoms with E-state index in [0.717, 1.165) is 29.3 Å². The van der Waals surface area contributed by atoms with E-state index in [1.165, 1.54) is 18.9 Å². The van der Waals surface area contributed by atoms with E-state index >= 15 is 0 Å². The molecule has 3 amide bonds. The third kappa shape index (κ3) is 10.9. The lowest BCUT2D eigenvalue weighted by Crippen LogP contribution is -2.46. The fraction of sp³-hybridized carbons (Fsp3) is 0.419. The molecule has 2 aromatic carbocycles. The van der Waals surface area contributed by atoms with Crippen LogP contribution in [0.25, 0.3) is 0 Å². The molecule has 1 heterocycles. The number of hydrogen-bond donors (Lipinski definition) is 3. The van der Waals surface area contributed by atoms with Crippen molar-refractivity contribution >= 4 is 46.3 Å². The number of thioether (sulfide) groups is 1. The molecule has 3 unspecified atom stereocenters. The highest BCUT2D eigenvalue weighted by Gasteiger charge is 2.29. The molecule has 3 N–H and O–H groups in total. The molecule has 0 aromatic heterocycles. The van der Waals surface area contributed by atoms with Crippen LogP contribution in [-0.4, -0.2) is 78.3 Å². The van der Waals surface area contributed by atoms with Gasteiger partial charge in [0.1, 0.15) is 12.1 Å². The summed E-state index contributed by atoms with van der Waals surface area (Å²) in [7, 11) is 1.25. The van der Waals surface area contributed by atoms with Crippen LogP contribution < -0.4 is 16.0 Å². The number of likely N-dealkylation sites (tertiary alicyclic amines) is 1. The van der Waals surface area contributed by atoms with Gasteiger partial charge in [0, 0.05) is 31.3 Å². The molecule has 1 saturated heterocycles. The van der Waals surface area contributed by atoms with Crippen LogP contribution in [-0.2, 0) is 41.6 Å². The van der Waals surface area contributed by atoms with E-state index in [9.17, 15) is 24.0 Å². The molecular weight excluding hydrogens is 570 g/mol. The minimum atomic E-state index is -0.948. The van der Waals surface area contributed by atoms with Crippen molar-refractivity contribution < 1.29 is 28.7 Å². The van der Waals surface area contributed by atoms with Crippen molar-refractivity contribution in [2.75, 3.05) is 37.8 Å². The van der Waals surface area contributed by atoms with Crippen LogP contribution in [0.1, 0.15) is 30.9 Å². The molecule has 0 bridgehead atoms. The number of nitrogens with one attached hydrogen (secondary N) is 3. The Morgan fingerprint density at radius 2 is 1.72 bits per heavy atom. The third-order valence-electron chi connectivity index (χ3n) is 6.95. The van der Waals surface area contributed by atoms with Crippen LogP contribution >= 0.6 is 11.8 Å². The van der Waals surface area contributed by atoms with Crippen molar-refractivity contribution in [2.24, 2.45) is 5.92 Å². The summed E-state index contributed by atoms with van der Waals surface area (Å²) in [5.41, 5.74) is 2.20. The van der Waals surface area contributed by atoms with Crippen LogP contribution in [0.2, 0.25) is 0 Å². The Hall–Kier alpha value is -4.21. The molecule has 2 aromatic rings. The molecule has 0 aliphatic carbocycles. The monoisotopic (exact) mass is 607 g/mol. The van der Waals surface area contributed by atoms with Gasteiger partial charge < -0.3 is 20.3 Å². The highest BCUT2D eigenvalue weighted by molar-refractivity contribution is 8.13. The largest absolute Gasteiger partial charge is 0.467 e. The fourth-order valence-corrected chi connectivity index (χ4v) is 5.42. The Bertz CT molecular complexity index is 1310. The quantitative estimate of drug-likeness (QED) is 0.274. The van der Waals surface area contributed by atoms with Crippen LogP contribution in [0.3, 0.4) is 0 Å². The first-order chi connectivity index (χ1) is 20.7. The molecule has 1 aliphatic rings. The number of amides is 3. The number of nitrogens with zero attached hydrogens (tertiary/aromatic N) is 2. The summed E-state index contributed by atoms with van der Waals surface area (Å²) >= 11 is 1.07. The lowest BCUT2D eigenvalue weighted by molar-refractivity contribution is -0.145. The number of rotatable bonds is 14. The number of carbonyl (C=O) groups excluding carboxylic acids is 5. The maximum atomic E-state index is 13.3. The molecule has 0 radical (unpaired) electrons. The number of carbonyl (C=O) groups is 5.